The summed E-state index contributed by atoms with van der Waals surface area (Å²) in [5.74, 6) is 0.417. The fourth-order valence-electron chi connectivity index (χ4n) is 2.12. The fraction of sp³-hybridized carbons (Fsp3) is 0.111. The number of carbonyl (C=O) groups excluding carboxylic acids is 1. The Morgan fingerprint density at radius 2 is 1.88 bits per heavy atom. The highest BCUT2D eigenvalue weighted by molar-refractivity contribution is 7.99. The van der Waals surface area contributed by atoms with Crippen LogP contribution in [0.25, 0.3) is 11.4 Å². The molecule has 0 spiro atoms. The van der Waals surface area contributed by atoms with E-state index in [1.807, 2.05) is 24.3 Å². The van der Waals surface area contributed by atoms with Crippen LogP contribution in [0.3, 0.4) is 0 Å². The van der Waals surface area contributed by atoms with Crippen LogP contribution in [0.1, 0.15) is 16.2 Å². The molecular weight excluding hydrogens is 325 g/mol. The molecule has 0 unspecified atom stereocenters. The molecular formula is C18H14FN3OS. The molecule has 2 heterocycles. The third kappa shape index (κ3) is 4.02. The number of aromatic nitrogens is 3. The Balaban J connectivity index is 1.74. The number of thioether (sulfide) groups is 1. The first-order valence-electron chi connectivity index (χ1n) is 7.30. The molecule has 0 aliphatic heterocycles. The number of benzene rings is 1. The molecule has 6 heteroatoms. The van der Waals surface area contributed by atoms with E-state index in [2.05, 4.69) is 15.0 Å². The third-order valence-electron chi connectivity index (χ3n) is 3.26. The minimum Gasteiger partial charge on any atom is -0.293 e. The van der Waals surface area contributed by atoms with Crippen molar-refractivity contribution in [3.8, 4) is 11.4 Å². The van der Waals surface area contributed by atoms with E-state index >= 15 is 0 Å². The van der Waals surface area contributed by atoms with Gasteiger partial charge in [-0.05, 0) is 49.4 Å². The smallest absolute Gasteiger partial charge is 0.173 e. The van der Waals surface area contributed by atoms with Crippen molar-refractivity contribution in [3.05, 3.63) is 71.9 Å². The number of pyridine rings is 1. The zero-order chi connectivity index (χ0) is 16.9. The standard InChI is InChI=1S/C18H14FN3OS/c1-12-21-16(15-4-2-3-9-20-15)10-18(22-12)24-11-17(23)13-5-7-14(19)8-6-13/h2-10H,11H2,1H3. The van der Waals surface area contributed by atoms with Gasteiger partial charge in [-0.25, -0.2) is 14.4 Å². The molecule has 3 rings (SSSR count). The van der Waals surface area contributed by atoms with Crippen LogP contribution >= 0.6 is 11.8 Å². The van der Waals surface area contributed by atoms with Crippen molar-refractivity contribution >= 4 is 17.5 Å². The summed E-state index contributed by atoms with van der Waals surface area (Å²) in [5, 5.41) is 0.707. The van der Waals surface area contributed by atoms with Crippen molar-refractivity contribution in [2.24, 2.45) is 0 Å². The number of rotatable bonds is 5. The van der Waals surface area contributed by atoms with Crippen molar-refractivity contribution in [3.63, 3.8) is 0 Å². The number of carbonyl (C=O) groups is 1. The zero-order valence-electron chi connectivity index (χ0n) is 12.9. The lowest BCUT2D eigenvalue weighted by Crippen LogP contribution is -2.03. The number of nitrogens with zero attached hydrogens (tertiary/aromatic N) is 3. The van der Waals surface area contributed by atoms with Crippen LogP contribution in [0.15, 0.2) is 59.8 Å². The minimum absolute atomic E-state index is 0.0735. The molecule has 0 bridgehead atoms. The van der Waals surface area contributed by atoms with Crippen molar-refractivity contribution in [1.82, 2.24) is 15.0 Å². The van der Waals surface area contributed by atoms with Crippen molar-refractivity contribution in [1.29, 1.82) is 0 Å². The maximum absolute atomic E-state index is 12.9. The van der Waals surface area contributed by atoms with Gasteiger partial charge in [0.1, 0.15) is 16.7 Å². The van der Waals surface area contributed by atoms with Gasteiger partial charge in [-0.2, -0.15) is 0 Å². The monoisotopic (exact) mass is 339 g/mol. The summed E-state index contributed by atoms with van der Waals surface area (Å²) < 4.78 is 12.9. The predicted octanol–water partition coefficient (Wildman–Crippen LogP) is 3.96. The Labute approximate surface area is 143 Å². The summed E-state index contributed by atoms with van der Waals surface area (Å²) in [7, 11) is 0. The second-order valence-corrected chi connectivity index (χ2v) is 6.07. The summed E-state index contributed by atoms with van der Waals surface area (Å²) >= 11 is 1.33. The third-order valence-corrected chi connectivity index (χ3v) is 4.17. The second-order valence-electron chi connectivity index (χ2n) is 5.07. The molecule has 0 aliphatic carbocycles. The highest BCUT2D eigenvalue weighted by Gasteiger charge is 2.10. The summed E-state index contributed by atoms with van der Waals surface area (Å²) in [5.41, 5.74) is 1.97. The SMILES string of the molecule is Cc1nc(SCC(=O)c2ccc(F)cc2)cc(-c2ccccn2)n1. The number of hydrogen-bond acceptors (Lipinski definition) is 5. The minimum atomic E-state index is -0.356. The Kier molecular flexibility index (Phi) is 4.96. The molecule has 24 heavy (non-hydrogen) atoms. The molecule has 0 amide bonds. The van der Waals surface area contributed by atoms with Gasteiger partial charge in [0.05, 0.1) is 17.1 Å². The zero-order valence-corrected chi connectivity index (χ0v) is 13.8. The van der Waals surface area contributed by atoms with Gasteiger partial charge in [0.15, 0.2) is 5.78 Å². The lowest BCUT2D eigenvalue weighted by molar-refractivity contribution is 0.102. The van der Waals surface area contributed by atoms with Crippen molar-refractivity contribution < 1.29 is 9.18 Å². The van der Waals surface area contributed by atoms with Crippen LogP contribution in [0.4, 0.5) is 4.39 Å². The predicted molar refractivity (Wildman–Crippen MR) is 91.5 cm³/mol. The first-order chi connectivity index (χ1) is 11.6. The van der Waals surface area contributed by atoms with E-state index in [4.69, 9.17) is 0 Å². The molecule has 3 aromatic rings. The van der Waals surface area contributed by atoms with E-state index in [0.717, 1.165) is 11.4 Å². The van der Waals surface area contributed by atoms with E-state index < -0.39 is 0 Å². The van der Waals surface area contributed by atoms with E-state index in [1.54, 1.807) is 13.1 Å². The van der Waals surface area contributed by atoms with E-state index in [1.165, 1.54) is 36.0 Å². The average Bonchev–Trinajstić information content (AvgIpc) is 2.60. The number of halogens is 1. The van der Waals surface area contributed by atoms with Crippen LogP contribution in [-0.2, 0) is 0 Å². The summed E-state index contributed by atoms with van der Waals surface area (Å²) in [4.78, 5) is 25.2. The summed E-state index contributed by atoms with van der Waals surface area (Å²) in [6.45, 7) is 1.80. The van der Waals surface area contributed by atoms with Crippen LogP contribution in [-0.4, -0.2) is 26.5 Å². The molecule has 0 fully saturated rings. The molecule has 120 valence electrons. The maximum atomic E-state index is 12.9. The first-order valence-corrected chi connectivity index (χ1v) is 8.29. The molecule has 0 atom stereocenters. The molecule has 0 saturated heterocycles. The maximum Gasteiger partial charge on any atom is 0.173 e. The Hall–Kier alpha value is -2.60. The van der Waals surface area contributed by atoms with E-state index in [0.29, 0.717) is 16.4 Å². The quantitative estimate of drug-likeness (QED) is 0.400. The van der Waals surface area contributed by atoms with Gasteiger partial charge >= 0.3 is 0 Å². The van der Waals surface area contributed by atoms with Gasteiger partial charge in [0.2, 0.25) is 0 Å². The molecule has 0 radical (unpaired) electrons. The normalized spacial score (nSPS) is 10.6. The van der Waals surface area contributed by atoms with Crippen molar-refractivity contribution in [2.45, 2.75) is 11.9 Å². The van der Waals surface area contributed by atoms with E-state index in [-0.39, 0.29) is 17.4 Å². The molecule has 0 aliphatic rings. The van der Waals surface area contributed by atoms with Crippen LogP contribution in [0.5, 0.6) is 0 Å². The largest absolute Gasteiger partial charge is 0.293 e. The summed E-state index contributed by atoms with van der Waals surface area (Å²) in [6.07, 6.45) is 1.71. The molecule has 1 aromatic carbocycles. The van der Waals surface area contributed by atoms with Crippen LogP contribution < -0.4 is 0 Å². The Morgan fingerprint density at radius 3 is 2.58 bits per heavy atom. The van der Waals surface area contributed by atoms with Gasteiger partial charge in [-0.15, -0.1) is 0 Å². The van der Waals surface area contributed by atoms with Gasteiger partial charge in [0, 0.05) is 11.8 Å². The first kappa shape index (κ1) is 16.3. The Morgan fingerprint density at radius 1 is 1.08 bits per heavy atom. The highest BCUT2D eigenvalue weighted by Crippen LogP contribution is 2.22. The van der Waals surface area contributed by atoms with Gasteiger partial charge in [-0.1, -0.05) is 17.8 Å². The number of ketones is 1. The number of aryl methyl sites for hydroxylation is 1. The van der Waals surface area contributed by atoms with Gasteiger partial charge < -0.3 is 0 Å². The highest BCUT2D eigenvalue weighted by atomic mass is 32.2. The lowest BCUT2D eigenvalue weighted by Gasteiger charge is -2.05. The molecule has 2 aromatic heterocycles. The van der Waals surface area contributed by atoms with Crippen LogP contribution in [0, 0.1) is 12.7 Å². The van der Waals surface area contributed by atoms with Gasteiger partial charge in [-0.3, -0.25) is 9.78 Å². The number of hydrogen-bond donors (Lipinski definition) is 0. The van der Waals surface area contributed by atoms with Gasteiger partial charge in [0.25, 0.3) is 0 Å². The van der Waals surface area contributed by atoms with E-state index in [9.17, 15) is 9.18 Å². The molecule has 0 N–H and O–H groups in total. The molecule has 4 nitrogen and oxygen atoms in total. The lowest BCUT2D eigenvalue weighted by atomic mass is 10.1. The Bertz CT molecular complexity index is 854. The average molecular weight is 339 g/mol. The number of Topliss-reactive ketones (excluding diaryl/α,β-unsaturated/α-hetero) is 1. The second kappa shape index (κ2) is 7.31. The fourth-order valence-corrected chi connectivity index (χ4v) is 2.96. The topological polar surface area (TPSA) is 55.7 Å². The van der Waals surface area contributed by atoms with Crippen LogP contribution in [0.2, 0.25) is 0 Å². The van der Waals surface area contributed by atoms with Crippen molar-refractivity contribution in [2.75, 3.05) is 5.75 Å². The summed E-state index contributed by atoms with van der Waals surface area (Å²) in [6, 6.07) is 13.0. The molecule has 0 saturated carbocycles.